The molecule has 1 amide bonds. The zero-order chi connectivity index (χ0) is 14.5. The maximum atomic E-state index is 12.3. The van der Waals surface area contributed by atoms with E-state index < -0.39 is 0 Å². The van der Waals surface area contributed by atoms with Crippen molar-refractivity contribution in [1.82, 2.24) is 15.6 Å². The van der Waals surface area contributed by atoms with Gasteiger partial charge in [-0.15, -0.1) is 36.2 Å². The first-order valence-electron chi connectivity index (χ1n) is 7.51. The van der Waals surface area contributed by atoms with Crippen LogP contribution in [-0.4, -0.2) is 30.5 Å². The molecule has 0 radical (unpaired) electrons. The maximum Gasteiger partial charge on any atom is 0.263 e. The molecular formula is C15H27Cl2N3OS. The predicted octanol–water partition coefficient (Wildman–Crippen LogP) is 3.22. The van der Waals surface area contributed by atoms with Gasteiger partial charge in [0.2, 0.25) is 0 Å². The number of hydrogen-bond donors (Lipinski definition) is 2. The summed E-state index contributed by atoms with van der Waals surface area (Å²) in [6.07, 6.45) is 3.28. The smallest absolute Gasteiger partial charge is 0.263 e. The quantitative estimate of drug-likeness (QED) is 0.839. The molecule has 1 unspecified atom stereocenters. The summed E-state index contributed by atoms with van der Waals surface area (Å²) < 4.78 is 0. The third-order valence-electron chi connectivity index (χ3n) is 3.56. The largest absolute Gasteiger partial charge is 0.351 e. The van der Waals surface area contributed by atoms with Crippen LogP contribution in [0.4, 0.5) is 0 Å². The molecule has 0 aliphatic carbocycles. The number of piperidine rings is 1. The van der Waals surface area contributed by atoms with Gasteiger partial charge in [0.1, 0.15) is 4.88 Å². The van der Waals surface area contributed by atoms with Crippen LogP contribution in [0.3, 0.4) is 0 Å². The van der Waals surface area contributed by atoms with Crippen molar-refractivity contribution >= 4 is 42.1 Å². The molecule has 0 saturated carbocycles. The molecule has 1 fully saturated rings. The van der Waals surface area contributed by atoms with Crippen LogP contribution in [0, 0.1) is 18.8 Å². The van der Waals surface area contributed by atoms with Crippen molar-refractivity contribution in [1.29, 1.82) is 0 Å². The number of carbonyl (C=O) groups excluding carboxylic acids is 1. The number of thiazole rings is 1. The van der Waals surface area contributed by atoms with E-state index in [9.17, 15) is 4.79 Å². The first-order valence-corrected chi connectivity index (χ1v) is 8.33. The Bertz CT molecular complexity index is 460. The minimum atomic E-state index is 0. The van der Waals surface area contributed by atoms with E-state index in [4.69, 9.17) is 0 Å². The third kappa shape index (κ3) is 6.41. The number of halogens is 2. The molecule has 1 aliphatic heterocycles. The first kappa shape index (κ1) is 21.6. The van der Waals surface area contributed by atoms with Gasteiger partial charge in [-0.2, -0.15) is 0 Å². The number of hydrogen-bond acceptors (Lipinski definition) is 4. The molecular weight excluding hydrogens is 341 g/mol. The lowest BCUT2D eigenvalue weighted by molar-refractivity contribution is 0.0947. The second-order valence-electron chi connectivity index (χ2n) is 6.03. The second kappa shape index (κ2) is 10.4. The lowest BCUT2D eigenvalue weighted by Gasteiger charge is -2.22. The van der Waals surface area contributed by atoms with Crippen LogP contribution >= 0.6 is 36.2 Å². The van der Waals surface area contributed by atoms with E-state index in [-0.39, 0.29) is 30.7 Å². The fraction of sp³-hybridized carbons (Fsp3) is 0.733. The van der Waals surface area contributed by atoms with Gasteiger partial charge < -0.3 is 10.6 Å². The Balaban J connectivity index is 0.00000220. The Morgan fingerprint density at radius 3 is 2.77 bits per heavy atom. The Labute approximate surface area is 149 Å². The van der Waals surface area contributed by atoms with Crippen molar-refractivity contribution in [2.75, 3.05) is 19.6 Å². The minimum absolute atomic E-state index is 0. The van der Waals surface area contributed by atoms with E-state index >= 15 is 0 Å². The molecule has 128 valence electrons. The minimum Gasteiger partial charge on any atom is -0.351 e. The molecule has 7 heteroatoms. The highest BCUT2D eigenvalue weighted by molar-refractivity contribution is 7.13. The Hall–Kier alpha value is -0.360. The fourth-order valence-corrected chi connectivity index (χ4v) is 3.45. The van der Waals surface area contributed by atoms with E-state index in [0.717, 1.165) is 41.6 Å². The Kier molecular flexibility index (Phi) is 10.3. The van der Waals surface area contributed by atoms with Gasteiger partial charge in [-0.1, -0.05) is 13.8 Å². The summed E-state index contributed by atoms with van der Waals surface area (Å²) in [6, 6.07) is 0. The van der Waals surface area contributed by atoms with Crippen LogP contribution in [0.1, 0.15) is 47.1 Å². The molecule has 0 bridgehead atoms. The van der Waals surface area contributed by atoms with Crippen LogP contribution in [-0.2, 0) is 6.42 Å². The van der Waals surface area contributed by atoms with Crippen LogP contribution in [0.5, 0.6) is 0 Å². The molecule has 1 aliphatic rings. The van der Waals surface area contributed by atoms with Gasteiger partial charge in [0, 0.05) is 6.54 Å². The van der Waals surface area contributed by atoms with Gasteiger partial charge in [-0.25, -0.2) is 4.98 Å². The first-order chi connectivity index (χ1) is 9.56. The summed E-state index contributed by atoms with van der Waals surface area (Å²) in [5.41, 5.74) is 0.960. The molecule has 4 nitrogen and oxygen atoms in total. The second-order valence-corrected chi connectivity index (χ2v) is 7.23. The van der Waals surface area contributed by atoms with Crippen molar-refractivity contribution in [3.8, 4) is 0 Å². The molecule has 1 saturated heterocycles. The topological polar surface area (TPSA) is 54.0 Å². The zero-order valence-corrected chi connectivity index (χ0v) is 15.9. The molecule has 0 spiro atoms. The van der Waals surface area contributed by atoms with Crippen molar-refractivity contribution < 1.29 is 4.79 Å². The Morgan fingerprint density at radius 2 is 2.18 bits per heavy atom. The van der Waals surface area contributed by atoms with Crippen molar-refractivity contribution in [3.63, 3.8) is 0 Å². The molecule has 1 atom stereocenters. The fourth-order valence-electron chi connectivity index (χ4n) is 2.59. The molecule has 2 rings (SSSR count). The van der Waals surface area contributed by atoms with E-state index in [0.29, 0.717) is 11.8 Å². The zero-order valence-electron chi connectivity index (χ0n) is 13.5. The molecule has 0 aromatic carbocycles. The highest BCUT2D eigenvalue weighted by atomic mass is 35.5. The predicted molar refractivity (Wildman–Crippen MR) is 97.8 cm³/mol. The van der Waals surface area contributed by atoms with Crippen molar-refractivity contribution in [2.24, 2.45) is 11.8 Å². The summed E-state index contributed by atoms with van der Waals surface area (Å²) in [7, 11) is 0. The monoisotopic (exact) mass is 367 g/mol. The average Bonchev–Trinajstić information content (AvgIpc) is 2.77. The average molecular weight is 368 g/mol. The number of nitrogens with zero attached hydrogens (tertiary/aromatic N) is 1. The van der Waals surface area contributed by atoms with Crippen LogP contribution < -0.4 is 10.6 Å². The lowest BCUT2D eigenvalue weighted by Crippen LogP contribution is -2.38. The number of nitrogens with one attached hydrogen (secondary N) is 2. The number of amides is 1. The molecule has 2 N–H and O–H groups in total. The normalized spacial score (nSPS) is 17.5. The number of rotatable bonds is 5. The number of aromatic nitrogens is 1. The van der Waals surface area contributed by atoms with Crippen LogP contribution in [0.15, 0.2) is 0 Å². The highest BCUT2D eigenvalue weighted by Gasteiger charge is 2.19. The van der Waals surface area contributed by atoms with Crippen molar-refractivity contribution in [2.45, 2.75) is 40.0 Å². The van der Waals surface area contributed by atoms with Crippen molar-refractivity contribution in [3.05, 3.63) is 15.6 Å². The molecule has 1 aromatic rings. The third-order valence-corrected chi connectivity index (χ3v) is 4.57. The molecule has 22 heavy (non-hydrogen) atoms. The SMILES string of the molecule is Cc1nc(CC(C)C)c(C(=O)NCC2CCCNC2)s1.Cl.Cl. The summed E-state index contributed by atoms with van der Waals surface area (Å²) in [5, 5.41) is 7.44. The standard InChI is InChI=1S/C15H25N3OS.2ClH/c1-10(2)7-13-14(20-11(3)18-13)15(19)17-9-12-5-4-6-16-8-12;;/h10,12,16H,4-9H2,1-3H3,(H,17,19);2*1H. The van der Waals surface area contributed by atoms with E-state index in [1.165, 1.54) is 24.2 Å². The summed E-state index contributed by atoms with van der Waals surface area (Å²) in [6.45, 7) is 9.17. The number of carbonyl (C=O) groups is 1. The van der Waals surface area contributed by atoms with Gasteiger partial charge in [0.05, 0.1) is 10.7 Å². The molecule has 1 aromatic heterocycles. The van der Waals surface area contributed by atoms with Gasteiger partial charge in [-0.3, -0.25) is 4.79 Å². The Morgan fingerprint density at radius 1 is 1.45 bits per heavy atom. The summed E-state index contributed by atoms with van der Waals surface area (Å²) >= 11 is 1.51. The number of aryl methyl sites for hydroxylation is 1. The van der Waals surface area contributed by atoms with Gasteiger partial charge >= 0.3 is 0 Å². The van der Waals surface area contributed by atoms with E-state index in [1.807, 2.05) is 6.92 Å². The van der Waals surface area contributed by atoms with Crippen LogP contribution in [0.25, 0.3) is 0 Å². The summed E-state index contributed by atoms with van der Waals surface area (Å²) in [4.78, 5) is 17.7. The lowest BCUT2D eigenvalue weighted by atomic mass is 10.00. The van der Waals surface area contributed by atoms with E-state index in [1.54, 1.807) is 0 Å². The molecule has 2 heterocycles. The highest BCUT2D eigenvalue weighted by Crippen LogP contribution is 2.21. The van der Waals surface area contributed by atoms with Gasteiger partial charge in [-0.05, 0) is 51.1 Å². The summed E-state index contributed by atoms with van der Waals surface area (Å²) in [5.74, 6) is 1.14. The van der Waals surface area contributed by atoms with Crippen LogP contribution in [0.2, 0.25) is 0 Å². The van der Waals surface area contributed by atoms with Gasteiger partial charge in [0.25, 0.3) is 5.91 Å². The maximum absolute atomic E-state index is 12.3. The van der Waals surface area contributed by atoms with Gasteiger partial charge in [0.15, 0.2) is 0 Å². The van der Waals surface area contributed by atoms with E-state index in [2.05, 4.69) is 29.5 Å².